The molecule has 0 radical (unpaired) electrons. The SMILES string of the molecule is NC1=NC2(CCCCC2)N(c2ccc(-c3ccc(CO)o3)c(Cl)c2)C(N)=N1. The predicted octanol–water partition coefficient (Wildman–Crippen LogP) is 3.20. The first-order valence-corrected chi connectivity index (χ1v) is 9.39. The molecule has 1 aliphatic heterocycles. The molecular formula is C19H22ClN5O2. The van der Waals surface area contributed by atoms with Crippen LogP contribution in [-0.4, -0.2) is 22.7 Å². The average molecular weight is 388 g/mol. The third-order valence-corrected chi connectivity index (χ3v) is 5.46. The number of anilines is 1. The second-order valence-electron chi connectivity index (χ2n) is 6.91. The molecule has 0 saturated heterocycles. The molecule has 5 N–H and O–H groups in total. The van der Waals surface area contributed by atoms with E-state index in [0.717, 1.165) is 36.9 Å². The summed E-state index contributed by atoms with van der Waals surface area (Å²) < 4.78 is 5.60. The first-order valence-electron chi connectivity index (χ1n) is 9.02. The van der Waals surface area contributed by atoms with Crippen LogP contribution in [0.5, 0.6) is 0 Å². The van der Waals surface area contributed by atoms with Crippen LogP contribution in [0.1, 0.15) is 37.9 Å². The van der Waals surface area contributed by atoms with Crippen LogP contribution in [0.25, 0.3) is 11.3 Å². The number of furan rings is 1. The number of guanidine groups is 2. The van der Waals surface area contributed by atoms with Crippen LogP contribution in [-0.2, 0) is 6.61 Å². The molecule has 1 aromatic heterocycles. The Balaban J connectivity index is 1.73. The number of halogens is 1. The molecule has 2 aromatic rings. The fraction of sp³-hybridized carbons (Fsp3) is 0.368. The number of hydrogen-bond donors (Lipinski definition) is 3. The number of aliphatic hydroxyl groups is 1. The minimum absolute atomic E-state index is 0.154. The summed E-state index contributed by atoms with van der Waals surface area (Å²) in [5.41, 5.74) is 13.2. The summed E-state index contributed by atoms with van der Waals surface area (Å²) in [4.78, 5) is 10.8. The molecule has 2 heterocycles. The zero-order valence-corrected chi connectivity index (χ0v) is 15.6. The van der Waals surface area contributed by atoms with Crippen molar-refractivity contribution < 1.29 is 9.52 Å². The lowest BCUT2D eigenvalue weighted by Crippen LogP contribution is -2.58. The van der Waals surface area contributed by atoms with Gasteiger partial charge in [-0.3, -0.25) is 4.90 Å². The van der Waals surface area contributed by atoms with Gasteiger partial charge < -0.3 is 21.0 Å². The van der Waals surface area contributed by atoms with Gasteiger partial charge in [0.2, 0.25) is 11.9 Å². The molecule has 0 unspecified atom stereocenters. The van der Waals surface area contributed by atoms with Gasteiger partial charge in [0.05, 0.1) is 5.02 Å². The van der Waals surface area contributed by atoms with E-state index in [1.807, 2.05) is 23.1 Å². The minimum atomic E-state index is -0.506. The van der Waals surface area contributed by atoms with Crippen LogP contribution < -0.4 is 16.4 Å². The van der Waals surface area contributed by atoms with Gasteiger partial charge in [0, 0.05) is 11.3 Å². The number of rotatable bonds is 3. The molecule has 1 saturated carbocycles. The number of hydrogen-bond acceptors (Lipinski definition) is 7. The highest BCUT2D eigenvalue weighted by Gasteiger charge is 2.42. The van der Waals surface area contributed by atoms with Crippen molar-refractivity contribution in [1.29, 1.82) is 0 Å². The van der Waals surface area contributed by atoms with Gasteiger partial charge in [0.25, 0.3) is 0 Å². The molecule has 2 aliphatic rings. The van der Waals surface area contributed by atoms with E-state index in [4.69, 9.17) is 27.5 Å². The predicted molar refractivity (Wildman–Crippen MR) is 107 cm³/mol. The summed E-state index contributed by atoms with van der Waals surface area (Å²) in [7, 11) is 0. The van der Waals surface area contributed by atoms with E-state index in [1.165, 1.54) is 6.42 Å². The van der Waals surface area contributed by atoms with Crippen LogP contribution in [0.2, 0.25) is 5.02 Å². The van der Waals surface area contributed by atoms with Crippen molar-refractivity contribution in [3.63, 3.8) is 0 Å². The van der Waals surface area contributed by atoms with Gasteiger partial charge in [-0.25, -0.2) is 4.99 Å². The van der Waals surface area contributed by atoms with E-state index < -0.39 is 5.66 Å². The summed E-state index contributed by atoms with van der Waals surface area (Å²) in [6.07, 6.45) is 5.02. The molecule has 1 spiro atoms. The minimum Gasteiger partial charge on any atom is -0.459 e. The van der Waals surface area contributed by atoms with Crippen molar-refractivity contribution in [3.05, 3.63) is 41.1 Å². The third-order valence-electron chi connectivity index (χ3n) is 5.15. The maximum atomic E-state index is 9.19. The quantitative estimate of drug-likeness (QED) is 0.748. The molecule has 7 nitrogen and oxygen atoms in total. The number of aliphatic imine (C=N–C) groups is 2. The summed E-state index contributed by atoms with van der Waals surface area (Å²) in [6.45, 7) is -0.154. The first kappa shape index (κ1) is 17.9. The molecular weight excluding hydrogens is 366 g/mol. The third kappa shape index (κ3) is 3.17. The molecule has 0 atom stereocenters. The normalized spacial score (nSPS) is 19.1. The summed E-state index contributed by atoms with van der Waals surface area (Å²) in [6, 6.07) is 9.16. The molecule has 4 rings (SSSR count). The average Bonchev–Trinajstić information content (AvgIpc) is 3.10. The van der Waals surface area contributed by atoms with Gasteiger partial charge in [-0.2, -0.15) is 4.99 Å². The van der Waals surface area contributed by atoms with E-state index in [2.05, 4.69) is 9.98 Å². The topological polar surface area (TPSA) is 113 Å². The van der Waals surface area contributed by atoms with Crippen molar-refractivity contribution in [2.75, 3.05) is 4.90 Å². The monoisotopic (exact) mass is 387 g/mol. The van der Waals surface area contributed by atoms with Crippen molar-refractivity contribution in [1.82, 2.24) is 0 Å². The Morgan fingerprint density at radius 2 is 1.93 bits per heavy atom. The zero-order chi connectivity index (χ0) is 19.0. The molecule has 142 valence electrons. The van der Waals surface area contributed by atoms with E-state index in [-0.39, 0.29) is 12.6 Å². The van der Waals surface area contributed by atoms with E-state index in [9.17, 15) is 5.11 Å². The van der Waals surface area contributed by atoms with Gasteiger partial charge in [-0.15, -0.1) is 0 Å². The number of nitrogens with two attached hydrogens (primary N) is 2. The molecule has 0 amide bonds. The van der Waals surface area contributed by atoms with Crippen molar-refractivity contribution in [2.45, 2.75) is 44.4 Å². The Hall–Kier alpha value is -2.51. The number of benzene rings is 1. The van der Waals surface area contributed by atoms with Crippen molar-refractivity contribution in [3.8, 4) is 11.3 Å². The van der Waals surface area contributed by atoms with Crippen LogP contribution in [0.15, 0.2) is 44.7 Å². The summed E-state index contributed by atoms with van der Waals surface area (Å²) in [5, 5.41) is 9.71. The van der Waals surface area contributed by atoms with Crippen LogP contribution in [0, 0.1) is 0 Å². The highest BCUT2D eigenvalue weighted by atomic mass is 35.5. The maximum absolute atomic E-state index is 9.19. The van der Waals surface area contributed by atoms with E-state index in [0.29, 0.717) is 22.5 Å². The second-order valence-corrected chi connectivity index (χ2v) is 7.31. The fourth-order valence-corrected chi connectivity index (χ4v) is 4.21. The molecule has 1 aliphatic carbocycles. The van der Waals surface area contributed by atoms with Gasteiger partial charge in [-0.05, 0) is 56.0 Å². The standard InChI is InChI=1S/C19H22ClN5O2/c20-15-10-12(4-6-14(15)16-7-5-13(11-26)27-16)25-18(22)23-17(21)24-19(25)8-2-1-3-9-19/h4-7,10,26H,1-3,8-9,11H2,(H4,21,22,23,24). The van der Waals surface area contributed by atoms with Gasteiger partial charge in [-0.1, -0.05) is 18.0 Å². The number of aliphatic hydroxyl groups excluding tert-OH is 1. The molecule has 1 aromatic carbocycles. The molecule has 8 heteroatoms. The Morgan fingerprint density at radius 3 is 2.59 bits per heavy atom. The molecule has 1 fully saturated rings. The van der Waals surface area contributed by atoms with Gasteiger partial charge in [0.1, 0.15) is 23.8 Å². The van der Waals surface area contributed by atoms with Crippen LogP contribution >= 0.6 is 11.6 Å². The maximum Gasteiger partial charge on any atom is 0.220 e. The summed E-state index contributed by atoms with van der Waals surface area (Å²) in [5.74, 6) is 1.64. The van der Waals surface area contributed by atoms with Crippen LogP contribution in [0.4, 0.5) is 5.69 Å². The smallest absolute Gasteiger partial charge is 0.220 e. The highest BCUT2D eigenvalue weighted by Crippen LogP contribution is 2.41. The first-order chi connectivity index (χ1) is 13.0. The summed E-state index contributed by atoms with van der Waals surface area (Å²) >= 11 is 6.55. The Bertz CT molecular complexity index is 915. The lowest BCUT2D eigenvalue weighted by atomic mass is 9.87. The lowest BCUT2D eigenvalue weighted by molar-refractivity contribution is 0.248. The fourth-order valence-electron chi connectivity index (χ4n) is 3.95. The van der Waals surface area contributed by atoms with Gasteiger partial charge in [0.15, 0.2) is 0 Å². The van der Waals surface area contributed by atoms with Crippen LogP contribution in [0.3, 0.4) is 0 Å². The zero-order valence-electron chi connectivity index (χ0n) is 14.9. The van der Waals surface area contributed by atoms with Crippen molar-refractivity contribution >= 4 is 29.2 Å². The van der Waals surface area contributed by atoms with Crippen molar-refractivity contribution in [2.24, 2.45) is 21.5 Å². The highest BCUT2D eigenvalue weighted by molar-refractivity contribution is 6.33. The van der Waals surface area contributed by atoms with E-state index in [1.54, 1.807) is 12.1 Å². The Labute approximate surface area is 162 Å². The molecule has 0 bridgehead atoms. The largest absolute Gasteiger partial charge is 0.459 e. The second kappa shape index (κ2) is 6.90. The lowest BCUT2D eigenvalue weighted by Gasteiger charge is -2.45. The Kier molecular flexibility index (Phi) is 4.57. The Morgan fingerprint density at radius 1 is 1.15 bits per heavy atom. The molecule has 27 heavy (non-hydrogen) atoms. The van der Waals surface area contributed by atoms with E-state index >= 15 is 0 Å². The number of nitrogens with zero attached hydrogens (tertiary/aromatic N) is 3. The van der Waals surface area contributed by atoms with Gasteiger partial charge >= 0.3 is 0 Å².